The fourth-order valence-electron chi connectivity index (χ4n) is 13.4. The molecule has 0 aromatic heterocycles. The molecule has 0 fully saturated rings. The average molecular weight is 2160 g/mol. The van der Waals surface area contributed by atoms with Crippen LogP contribution in [-0.4, -0.2) is 467 Å². The minimum atomic E-state index is -1.22. The van der Waals surface area contributed by atoms with E-state index in [1.807, 2.05) is 13.8 Å². The molecule has 8 N–H and O–H groups in total. The van der Waals surface area contributed by atoms with Crippen molar-refractivity contribution in [1.82, 2.24) is 16.0 Å². The first-order valence-electron chi connectivity index (χ1n) is 55.5. The number of aliphatic hydroxyl groups excluding tert-OH is 1. The minimum Gasteiger partial charge on any atom is -0.465 e. The van der Waals surface area contributed by atoms with Gasteiger partial charge in [-0.3, -0.25) is 28.8 Å². The first-order chi connectivity index (χ1) is 72.9. The Kier molecular flexibility index (Phi) is 120. The summed E-state index contributed by atoms with van der Waals surface area (Å²) in [4.78, 5) is 74.6. The highest BCUT2D eigenvalue weighted by molar-refractivity contribution is 7.99. The Balaban J connectivity index is 3.60. The quantitative estimate of drug-likeness (QED) is 0.0246. The molecule has 0 aliphatic carbocycles. The van der Waals surface area contributed by atoms with Gasteiger partial charge in [-0.2, -0.15) is 11.8 Å². The summed E-state index contributed by atoms with van der Waals surface area (Å²) in [6.07, 6.45) is 31.4. The van der Waals surface area contributed by atoms with Crippen LogP contribution < -0.4 is 27.4 Å². The SMILES string of the molecule is CCCCCCCCCCCCCC[C@H](C)C(=O)OCC[C@H](CSC[C@H](N)C(=O)N[C@@H](CO)C(=O)NCCOCCOCCOCCOCCOCCOCCOCCOCCOCCOCCOCCOCCOCCOCCOCCOCCOCCOCCOCCOCCOCCOCCOCCOCCOCCOCCOCCOCCC(=O)NCC(N)=O)OC(=O)[C@@H](C)CCCCCCCCCCCCCC. The van der Waals surface area contributed by atoms with Crippen LogP contribution >= 0.6 is 11.8 Å². The van der Waals surface area contributed by atoms with E-state index in [-0.39, 0.29) is 81.4 Å². The standard InChI is InChI=1S/C105H205N5O37S/c1-5-7-9-11-13-15-17-19-21-23-25-27-29-95(3)104(116)146-35-31-97(147-105(117)96(4)30-28-26-24-22-20-18-16-14-12-10-8-6-2)93-148-94-98(106)102(114)110-99(92-111)103(115)108-33-36-119-38-40-121-42-44-123-46-48-125-50-52-127-54-56-129-58-60-131-62-64-133-66-68-135-70-72-137-74-76-139-78-80-141-82-84-143-86-88-145-90-89-144-87-85-142-83-81-140-79-77-138-75-73-136-71-69-134-67-65-132-63-61-130-59-57-128-55-53-126-51-49-124-47-45-122-43-41-120-39-37-118-34-32-101(113)109-91-100(107)112/h95-99,111H,5-94,106H2,1-4H3,(H2,107,112)(H,108,115)(H,109,113)(H,110,114)/t95-,96-,97+,98-,99-/m0/s1. The summed E-state index contributed by atoms with van der Waals surface area (Å²) < 4.78 is 167. The van der Waals surface area contributed by atoms with E-state index in [4.69, 9.17) is 154 Å². The van der Waals surface area contributed by atoms with Gasteiger partial charge in [0.05, 0.1) is 408 Å². The second kappa shape index (κ2) is 123. The van der Waals surface area contributed by atoms with Gasteiger partial charge in [-0.1, -0.05) is 182 Å². The molecule has 0 aromatic carbocycles. The van der Waals surface area contributed by atoms with Gasteiger partial charge in [0.1, 0.15) is 12.1 Å². The molecule has 878 valence electrons. The largest absolute Gasteiger partial charge is 0.465 e. The average Bonchev–Trinajstić information content (AvgIpc) is 0.906. The Hall–Kier alpha value is -4.03. The number of amides is 4. The Bertz CT molecular complexity index is 2740. The van der Waals surface area contributed by atoms with Crippen LogP contribution in [0.2, 0.25) is 0 Å². The predicted molar refractivity (Wildman–Crippen MR) is 562 cm³/mol. The molecule has 0 aliphatic heterocycles. The minimum absolute atomic E-state index is 0.102. The zero-order valence-corrected chi connectivity index (χ0v) is 92.5. The van der Waals surface area contributed by atoms with Gasteiger partial charge >= 0.3 is 11.9 Å². The number of carbonyl (C=O) groups is 6. The van der Waals surface area contributed by atoms with Crippen LogP contribution in [-0.2, 0) is 171 Å². The van der Waals surface area contributed by atoms with E-state index in [0.29, 0.717) is 362 Å². The number of carbonyl (C=O) groups excluding carboxylic acids is 6. The fraction of sp³-hybridized carbons (Fsp3) is 0.943. The van der Waals surface area contributed by atoms with Gasteiger partial charge in [0, 0.05) is 30.9 Å². The highest BCUT2D eigenvalue weighted by atomic mass is 32.2. The van der Waals surface area contributed by atoms with E-state index in [2.05, 4.69) is 29.8 Å². The maximum atomic E-state index is 13.4. The predicted octanol–water partition coefficient (Wildman–Crippen LogP) is 8.40. The number of aliphatic hydroxyl groups is 1. The molecule has 148 heavy (non-hydrogen) atoms. The summed E-state index contributed by atoms with van der Waals surface area (Å²) >= 11 is 1.34. The molecule has 0 saturated carbocycles. The monoisotopic (exact) mass is 2160 g/mol. The highest BCUT2D eigenvalue weighted by Gasteiger charge is 2.26. The molecule has 0 radical (unpaired) electrons. The van der Waals surface area contributed by atoms with Crippen molar-refractivity contribution >= 4 is 47.3 Å². The maximum absolute atomic E-state index is 13.4. The maximum Gasteiger partial charge on any atom is 0.308 e. The van der Waals surface area contributed by atoms with E-state index in [0.717, 1.165) is 44.9 Å². The van der Waals surface area contributed by atoms with Gasteiger partial charge in [0.25, 0.3) is 0 Å². The molecule has 4 amide bonds. The van der Waals surface area contributed by atoms with Crippen molar-refractivity contribution in [1.29, 1.82) is 0 Å². The number of nitrogens with one attached hydrogen (secondary N) is 3. The van der Waals surface area contributed by atoms with Gasteiger partial charge in [-0.25, -0.2) is 0 Å². The summed E-state index contributed by atoms with van der Waals surface area (Å²) in [5.41, 5.74) is 11.3. The molecule has 42 nitrogen and oxygen atoms in total. The van der Waals surface area contributed by atoms with Gasteiger partial charge < -0.3 is 175 Å². The molecule has 0 rings (SSSR count). The van der Waals surface area contributed by atoms with E-state index in [1.165, 1.54) is 134 Å². The molecule has 0 saturated heterocycles. The summed E-state index contributed by atoms with van der Waals surface area (Å²) in [5.74, 6) is -2.66. The Morgan fingerprint density at radius 1 is 0.264 bits per heavy atom. The molecule has 0 aliphatic rings. The number of primary amides is 1. The van der Waals surface area contributed by atoms with Gasteiger partial charge in [-0.05, 0) is 12.8 Å². The molecule has 43 heteroatoms. The molecule has 0 aromatic rings. The van der Waals surface area contributed by atoms with Crippen LogP contribution in [0.5, 0.6) is 0 Å². The van der Waals surface area contributed by atoms with Crippen molar-refractivity contribution in [3.63, 3.8) is 0 Å². The number of ether oxygens (including phenoxy) is 30. The molecule has 0 unspecified atom stereocenters. The molecule has 0 heterocycles. The Morgan fingerprint density at radius 2 is 0.486 bits per heavy atom. The number of hydrogen-bond acceptors (Lipinski definition) is 39. The van der Waals surface area contributed by atoms with Crippen molar-refractivity contribution in [2.24, 2.45) is 23.3 Å². The van der Waals surface area contributed by atoms with Crippen LogP contribution in [0, 0.1) is 11.8 Å². The molecule has 0 spiro atoms. The molecular weight excluding hydrogens is 1960 g/mol. The number of nitrogens with two attached hydrogens (primary N) is 2. The van der Waals surface area contributed by atoms with Gasteiger partial charge in [-0.15, -0.1) is 0 Å². The lowest BCUT2D eigenvalue weighted by Crippen LogP contribution is -2.54. The number of esters is 2. The number of unbranched alkanes of at least 4 members (excludes halogenated alkanes) is 22. The first kappa shape index (κ1) is 144. The summed E-state index contributed by atoms with van der Waals surface area (Å²) in [7, 11) is 0. The lowest BCUT2D eigenvalue weighted by Gasteiger charge is -2.22. The van der Waals surface area contributed by atoms with Crippen LogP contribution in [0.4, 0.5) is 0 Å². The Labute approximate surface area is 891 Å². The molecular formula is C105H205N5O37S. The van der Waals surface area contributed by atoms with Crippen LogP contribution in [0.15, 0.2) is 0 Å². The number of hydrogen-bond donors (Lipinski definition) is 6. The summed E-state index contributed by atoms with van der Waals surface area (Å²) in [6, 6.07) is -2.25. The molecule has 0 bridgehead atoms. The molecule has 5 atom stereocenters. The second-order valence-electron chi connectivity index (χ2n) is 35.0. The lowest BCUT2D eigenvalue weighted by atomic mass is 10.0. The van der Waals surface area contributed by atoms with Crippen LogP contribution in [0.1, 0.15) is 207 Å². The lowest BCUT2D eigenvalue weighted by molar-refractivity contribution is -0.155. The van der Waals surface area contributed by atoms with Crippen LogP contribution in [0.3, 0.4) is 0 Å². The van der Waals surface area contributed by atoms with Gasteiger partial charge in [0.2, 0.25) is 23.6 Å². The van der Waals surface area contributed by atoms with E-state index in [1.54, 1.807) is 0 Å². The smallest absolute Gasteiger partial charge is 0.308 e. The number of rotatable bonds is 129. The van der Waals surface area contributed by atoms with E-state index < -0.39 is 42.5 Å². The number of thioether (sulfide) groups is 1. The normalized spacial score (nSPS) is 12.7. The zero-order valence-electron chi connectivity index (χ0n) is 91.7. The van der Waals surface area contributed by atoms with Crippen molar-refractivity contribution in [2.75, 3.05) is 408 Å². The van der Waals surface area contributed by atoms with Crippen molar-refractivity contribution in [2.45, 2.75) is 226 Å². The highest BCUT2D eigenvalue weighted by Crippen LogP contribution is 2.21. The zero-order chi connectivity index (χ0) is 107. The van der Waals surface area contributed by atoms with Gasteiger partial charge in [0.15, 0.2) is 0 Å². The van der Waals surface area contributed by atoms with Crippen molar-refractivity contribution in [3.8, 4) is 0 Å². The second-order valence-corrected chi connectivity index (χ2v) is 36.1. The summed E-state index contributed by atoms with van der Waals surface area (Å²) in [5, 5.41) is 17.6. The van der Waals surface area contributed by atoms with Crippen molar-refractivity contribution in [3.05, 3.63) is 0 Å². The fourth-order valence-corrected chi connectivity index (χ4v) is 14.5. The third-order valence-corrected chi connectivity index (χ3v) is 23.2. The Morgan fingerprint density at radius 3 is 0.723 bits per heavy atom. The van der Waals surface area contributed by atoms with Crippen LogP contribution in [0.25, 0.3) is 0 Å². The third kappa shape index (κ3) is 115. The third-order valence-electron chi connectivity index (χ3n) is 22.0. The van der Waals surface area contributed by atoms with E-state index in [9.17, 15) is 33.9 Å². The first-order valence-corrected chi connectivity index (χ1v) is 56.6. The summed E-state index contributed by atoms with van der Waals surface area (Å²) in [6.45, 7) is 32.0. The van der Waals surface area contributed by atoms with E-state index >= 15 is 0 Å². The topological polar surface area (TPSA) is 488 Å². The van der Waals surface area contributed by atoms with Crippen molar-refractivity contribution < 1.29 is 176 Å².